The SMILES string of the molecule is C/C(C(=O)Oc1ccccc1)=C(\O)C1=C(NC(C)(C)C)CCCC1. The Morgan fingerprint density at radius 2 is 1.75 bits per heavy atom. The number of aliphatic hydroxyl groups excluding tert-OH is 1. The molecule has 0 fully saturated rings. The first-order chi connectivity index (χ1) is 11.3. The molecule has 2 rings (SSSR count). The van der Waals surface area contributed by atoms with Gasteiger partial charge in [-0.1, -0.05) is 18.2 Å². The molecule has 2 N–H and O–H groups in total. The summed E-state index contributed by atoms with van der Waals surface area (Å²) in [6, 6.07) is 8.89. The van der Waals surface area contributed by atoms with Gasteiger partial charge < -0.3 is 15.2 Å². The quantitative estimate of drug-likeness (QED) is 0.366. The van der Waals surface area contributed by atoms with Crippen molar-refractivity contribution in [3.8, 4) is 5.75 Å². The van der Waals surface area contributed by atoms with Gasteiger partial charge in [-0.15, -0.1) is 0 Å². The number of carbonyl (C=O) groups is 1. The van der Waals surface area contributed by atoms with Gasteiger partial charge in [-0.3, -0.25) is 0 Å². The molecule has 0 aliphatic heterocycles. The van der Waals surface area contributed by atoms with Crippen molar-refractivity contribution in [1.29, 1.82) is 0 Å². The summed E-state index contributed by atoms with van der Waals surface area (Å²) >= 11 is 0. The molecule has 1 aliphatic carbocycles. The van der Waals surface area contributed by atoms with Crippen LogP contribution in [0, 0.1) is 0 Å². The number of aliphatic hydroxyl groups is 1. The van der Waals surface area contributed by atoms with Gasteiger partial charge >= 0.3 is 5.97 Å². The first-order valence-electron chi connectivity index (χ1n) is 8.45. The van der Waals surface area contributed by atoms with E-state index in [1.54, 1.807) is 31.2 Å². The summed E-state index contributed by atoms with van der Waals surface area (Å²) in [6.45, 7) is 7.87. The third kappa shape index (κ3) is 4.88. The molecule has 24 heavy (non-hydrogen) atoms. The molecule has 1 aromatic carbocycles. The molecule has 0 aromatic heterocycles. The molecule has 0 saturated carbocycles. The molecule has 1 aromatic rings. The summed E-state index contributed by atoms with van der Waals surface area (Å²) in [6.07, 6.45) is 3.75. The average Bonchev–Trinajstić information content (AvgIpc) is 2.53. The topological polar surface area (TPSA) is 58.6 Å². The molecule has 4 nitrogen and oxygen atoms in total. The molecule has 0 spiro atoms. The van der Waals surface area contributed by atoms with E-state index in [1.165, 1.54) is 0 Å². The van der Waals surface area contributed by atoms with Gasteiger partial charge in [0.2, 0.25) is 0 Å². The summed E-state index contributed by atoms with van der Waals surface area (Å²) in [5, 5.41) is 14.1. The van der Waals surface area contributed by atoms with Crippen LogP contribution in [0.25, 0.3) is 0 Å². The number of hydrogen-bond donors (Lipinski definition) is 2. The van der Waals surface area contributed by atoms with Gasteiger partial charge in [0.05, 0.1) is 5.57 Å². The standard InChI is InChI=1S/C20H27NO3/c1-14(19(23)24-15-10-6-5-7-11-15)18(22)16-12-8-9-13-17(16)21-20(2,3)4/h5-7,10-11,21-22H,8-9,12-13H2,1-4H3/b18-14+. The number of benzene rings is 1. The number of allylic oxidation sites excluding steroid dienone is 2. The summed E-state index contributed by atoms with van der Waals surface area (Å²) in [4.78, 5) is 12.3. The second-order valence-electron chi connectivity index (χ2n) is 7.22. The number of carbonyl (C=O) groups excluding carboxylic acids is 1. The van der Waals surface area contributed by atoms with Gasteiger partial charge in [0.15, 0.2) is 0 Å². The molecule has 0 saturated heterocycles. The van der Waals surface area contributed by atoms with Crippen LogP contribution in [-0.2, 0) is 4.79 Å². The maximum absolute atomic E-state index is 12.3. The van der Waals surface area contributed by atoms with Crippen molar-refractivity contribution in [2.45, 2.75) is 58.9 Å². The second kappa shape index (κ2) is 7.56. The maximum Gasteiger partial charge on any atom is 0.342 e. The van der Waals surface area contributed by atoms with E-state index in [2.05, 4.69) is 26.1 Å². The summed E-state index contributed by atoms with van der Waals surface area (Å²) in [5.41, 5.74) is 2.01. The molecule has 0 unspecified atom stereocenters. The van der Waals surface area contributed by atoms with Crippen molar-refractivity contribution < 1.29 is 14.6 Å². The minimum Gasteiger partial charge on any atom is -0.507 e. The Morgan fingerprint density at radius 3 is 2.38 bits per heavy atom. The summed E-state index contributed by atoms with van der Waals surface area (Å²) < 4.78 is 5.32. The van der Waals surface area contributed by atoms with Crippen LogP contribution in [0.15, 0.2) is 52.9 Å². The molecular formula is C20H27NO3. The second-order valence-corrected chi connectivity index (χ2v) is 7.22. The van der Waals surface area contributed by atoms with Crippen molar-refractivity contribution >= 4 is 5.97 Å². The van der Waals surface area contributed by atoms with Crippen molar-refractivity contribution in [3.05, 3.63) is 52.9 Å². The zero-order valence-corrected chi connectivity index (χ0v) is 15.0. The predicted octanol–water partition coefficient (Wildman–Crippen LogP) is 4.64. The first-order valence-corrected chi connectivity index (χ1v) is 8.45. The minimum absolute atomic E-state index is 0.0439. The zero-order valence-electron chi connectivity index (χ0n) is 15.0. The van der Waals surface area contributed by atoms with Crippen LogP contribution in [0.1, 0.15) is 53.4 Å². The Labute approximate surface area is 144 Å². The highest BCUT2D eigenvalue weighted by Gasteiger charge is 2.23. The van der Waals surface area contributed by atoms with E-state index >= 15 is 0 Å². The highest BCUT2D eigenvalue weighted by atomic mass is 16.5. The van der Waals surface area contributed by atoms with Crippen LogP contribution < -0.4 is 10.1 Å². The van der Waals surface area contributed by atoms with Crippen LogP contribution in [0.2, 0.25) is 0 Å². The lowest BCUT2D eigenvalue weighted by Gasteiger charge is -2.29. The van der Waals surface area contributed by atoms with E-state index in [9.17, 15) is 9.90 Å². The monoisotopic (exact) mass is 329 g/mol. The smallest absolute Gasteiger partial charge is 0.342 e. The Morgan fingerprint density at radius 1 is 1.12 bits per heavy atom. The molecular weight excluding hydrogens is 302 g/mol. The number of ether oxygens (including phenoxy) is 1. The molecule has 4 heteroatoms. The highest BCUT2D eigenvalue weighted by Crippen LogP contribution is 2.30. The third-order valence-corrected chi connectivity index (χ3v) is 3.89. The third-order valence-electron chi connectivity index (χ3n) is 3.89. The Balaban J connectivity index is 2.26. The summed E-state index contributed by atoms with van der Waals surface area (Å²) in [5.74, 6) is -0.00502. The van der Waals surface area contributed by atoms with Crippen molar-refractivity contribution in [3.63, 3.8) is 0 Å². The number of nitrogens with one attached hydrogen (secondary N) is 1. The highest BCUT2D eigenvalue weighted by molar-refractivity contribution is 5.90. The number of esters is 1. The van der Waals surface area contributed by atoms with E-state index in [0.29, 0.717) is 5.75 Å². The fraction of sp³-hybridized carbons (Fsp3) is 0.450. The average molecular weight is 329 g/mol. The Kier molecular flexibility index (Phi) is 5.71. The molecule has 0 atom stereocenters. The molecule has 0 bridgehead atoms. The van der Waals surface area contributed by atoms with E-state index in [4.69, 9.17) is 4.74 Å². The fourth-order valence-electron chi connectivity index (χ4n) is 2.75. The largest absolute Gasteiger partial charge is 0.507 e. The summed E-state index contributed by atoms with van der Waals surface area (Å²) in [7, 11) is 0. The van der Waals surface area contributed by atoms with Gasteiger partial charge in [0.25, 0.3) is 0 Å². The van der Waals surface area contributed by atoms with Crippen molar-refractivity contribution in [2.75, 3.05) is 0 Å². The maximum atomic E-state index is 12.3. The lowest BCUT2D eigenvalue weighted by Crippen LogP contribution is -2.36. The van der Waals surface area contributed by atoms with Crippen molar-refractivity contribution in [1.82, 2.24) is 5.32 Å². The molecule has 0 radical (unpaired) electrons. The van der Waals surface area contributed by atoms with E-state index in [0.717, 1.165) is 37.0 Å². The Hall–Kier alpha value is -2.23. The van der Waals surface area contributed by atoms with Crippen LogP contribution in [-0.4, -0.2) is 16.6 Å². The zero-order chi connectivity index (χ0) is 17.7. The first kappa shape index (κ1) is 18.1. The predicted molar refractivity (Wildman–Crippen MR) is 95.8 cm³/mol. The van der Waals surface area contributed by atoms with Crippen LogP contribution >= 0.6 is 0 Å². The minimum atomic E-state index is -0.521. The van der Waals surface area contributed by atoms with Crippen LogP contribution in [0.3, 0.4) is 0 Å². The molecule has 0 amide bonds. The van der Waals surface area contributed by atoms with Crippen LogP contribution in [0.5, 0.6) is 5.75 Å². The fourth-order valence-corrected chi connectivity index (χ4v) is 2.75. The van der Waals surface area contributed by atoms with Crippen LogP contribution in [0.4, 0.5) is 0 Å². The van der Waals surface area contributed by atoms with E-state index < -0.39 is 5.97 Å². The van der Waals surface area contributed by atoms with E-state index in [-0.39, 0.29) is 16.9 Å². The lowest BCUT2D eigenvalue weighted by molar-refractivity contribution is -0.130. The van der Waals surface area contributed by atoms with Gasteiger partial charge in [0, 0.05) is 16.8 Å². The number of hydrogen-bond acceptors (Lipinski definition) is 4. The lowest BCUT2D eigenvalue weighted by atomic mass is 9.92. The number of para-hydroxylation sites is 1. The van der Waals surface area contributed by atoms with Gasteiger partial charge in [-0.05, 0) is 65.5 Å². The van der Waals surface area contributed by atoms with Gasteiger partial charge in [-0.25, -0.2) is 4.79 Å². The van der Waals surface area contributed by atoms with Gasteiger partial charge in [0.1, 0.15) is 11.5 Å². The molecule has 130 valence electrons. The van der Waals surface area contributed by atoms with E-state index in [1.807, 2.05) is 6.07 Å². The molecule has 1 aliphatic rings. The van der Waals surface area contributed by atoms with Crippen molar-refractivity contribution in [2.24, 2.45) is 0 Å². The molecule has 0 heterocycles. The normalized spacial score (nSPS) is 16.5. The van der Waals surface area contributed by atoms with Gasteiger partial charge in [-0.2, -0.15) is 0 Å². The Bertz CT molecular complexity index is 651. The number of rotatable bonds is 4.